The highest BCUT2D eigenvalue weighted by atomic mass is 32.2. The van der Waals surface area contributed by atoms with Gasteiger partial charge in [0.1, 0.15) is 24.1 Å². The van der Waals surface area contributed by atoms with Crippen LogP contribution in [0.15, 0.2) is 63.9 Å². The van der Waals surface area contributed by atoms with Crippen molar-refractivity contribution in [1.82, 2.24) is 9.71 Å². The number of hydrogen-bond donors (Lipinski definition) is 1. The van der Waals surface area contributed by atoms with Crippen LogP contribution in [0.25, 0.3) is 11.5 Å². The summed E-state index contributed by atoms with van der Waals surface area (Å²) in [4.78, 5) is 16.7. The highest BCUT2D eigenvalue weighted by Crippen LogP contribution is 2.22. The third kappa shape index (κ3) is 5.10. The van der Waals surface area contributed by atoms with Crippen molar-refractivity contribution in [2.75, 3.05) is 0 Å². The molecule has 0 aliphatic heterocycles. The lowest BCUT2D eigenvalue weighted by atomic mass is 10.2. The summed E-state index contributed by atoms with van der Waals surface area (Å²) in [5.41, 5.74) is 2.23. The molecule has 1 aromatic heterocycles. The van der Waals surface area contributed by atoms with Crippen molar-refractivity contribution >= 4 is 16.0 Å². The summed E-state index contributed by atoms with van der Waals surface area (Å²) in [5, 5.41) is 0. The summed E-state index contributed by atoms with van der Waals surface area (Å²) in [6, 6.07) is 14.7. The van der Waals surface area contributed by atoms with Gasteiger partial charge in [-0.15, -0.1) is 0 Å². The predicted molar refractivity (Wildman–Crippen MR) is 107 cm³/mol. The van der Waals surface area contributed by atoms with Gasteiger partial charge in [0.2, 0.25) is 15.9 Å². The van der Waals surface area contributed by atoms with Gasteiger partial charge in [0.05, 0.1) is 4.90 Å². The minimum Gasteiger partial charge on any atom is -0.458 e. The van der Waals surface area contributed by atoms with E-state index in [2.05, 4.69) is 9.71 Å². The van der Waals surface area contributed by atoms with Crippen molar-refractivity contribution in [2.24, 2.45) is 0 Å². The lowest BCUT2D eigenvalue weighted by Gasteiger charge is -2.13. The molecule has 7 nitrogen and oxygen atoms in total. The molecule has 0 radical (unpaired) electrons. The summed E-state index contributed by atoms with van der Waals surface area (Å²) in [6.45, 7) is 4.90. The number of esters is 1. The van der Waals surface area contributed by atoms with E-state index in [1.807, 2.05) is 37.3 Å². The quantitative estimate of drug-likeness (QED) is 0.595. The number of ether oxygens (including phenoxy) is 1. The molecule has 0 saturated heterocycles. The average molecular weight is 414 g/mol. The molecule has 152 valence electrons. The van der Waals surface area contributed by atoms with E-state index in [0.717, 1.165) is 11.1 Å². The standard InChI is InChI=1S/C21H22N2O5S/c1-14-9-11-18(12-10-14)29(25,26)23-15(2)21(24)27-13-19-16(3)28-20(22-19)17-7-5-4-6-8-17/h4-12,15,23H,13H2,1-3H3/t15-/m0/s1. The Morgan fingerprint density at radius 3 is 2.41 bits per heavy atom. The van der Waals surface area contributed by atoms with Crippen LogP contribution in [0.4, 0.5) is 0 Å². The molecule has 1 N–H and O–H groups in total. The first-order valence-electron chi connectivity index (χ1n) is 9.03. The van der Waals surface area contributed by atoms with Crippen LogP contribution < -0.4 is 4.72 Å². The zero-order valence-corrected chi connectivity index (χ0v) is 17.2. The summed E-state index contributed by atoms with van der Waals surface area (Å²) >= 11 is 0. The van der Waals surface area contributed by atoms with Gasteiger partial charge in [-0.2, -0.15) is 4.72 Å². The molecule has 3 aromatic rings. The fourth-order valence-electron chi connectivity index (χ4n) is 2.60. The number of hydrogen-bond acceptors (Lipinski definition) is 6. The van der Waals surface area contributed by atoms with Gasteiger partial charge < -0.3 is 9.15 Å². The number of sulfonamides is 1. The Morgan fingerprint density at radius 1 is 1.10 bits per heavy atom. The second-order valence-corrected chi connectivity index (χ2v) is 8.37. The number of oxazole rings is 1. The fraction of sp³-hybridized carbons (Fsp3) is 0.238. The van der Waals surface area contributed by atoms with E-state index >= 15 is 0 Å². The van der Waals surface area contributed by atoms with Crippen LogP contribution in [0.5, 0.6) is 0 Å². The summed E-state index contributed by atoms with van der Waals surface area (Å²) in [5.74, 6) is 0.260. The Morgan fingerprint density at radius 2 is 1.76 bits per heavy atom. The second kappa shape index (κ2) is 8.59. The van der Waals surface area contributed by atoms with E-state index in [-0.39, 0.29) is 11.5 Å². The minimum absolute atomic E-state index is 0.0857. The Hall–Kier alpha value is -2.97. The van der Waals surface area contributed by atoms with Crippen molar-refractivity contribution in [3.63, 3.8) is 0 Å². The second-order valence-electron chi connectivity index (χ2n) is 6.65. The van der Waals surface area contributed by atoms with Gasteiger partial charge in [-0.25, -0.2) is 13.4 Å². The van der Waals surface area contributed by atoms with Gasteiger partial charge in [0, 0.05) is 5.56 Å². The van der Waals surface area contributed by atoms with Crippen LogP contribution in [0, 0.1) is 13.8 Å². The number of carbonyl (C=O) groups is 1. The SMILES string of the molecule is Cc1ccc(S(=O)(=O)N[C@@H](C)C(=O)OCc2nc(-c3ccccc3)oc2C)cc1. The van der Waals surface area contributed by atoms with Crippen LogP contribution >= 0.6 is 0 Å². The minimum atomic E-state index is -3.83. The smallest absolute Gasteiger partial charge is 0.324 e. The van der Waals surface area contributed by atoms with E-state index in [4.69, 9.17) is 9.15 Å². The maximum atomic E-state index is 12.4. The molecule has 0 spiro atoms. The summed E-state index contributed by atoms with van der Waals surface area (Å²) in [6.07, 6.45) is 0. The Labute approximate surface area is 169 Å². The first-order valence-corrected chi connectivity index (χ1v) is 10.5. The maximum Gasteiger partial charge on any atom is 0.324 e. The molecule has 0 saturated carbocycles. The van der Waals surface area contributed by atoms with Gasteiger partial charge in [0.25, 0.3) is 0 Å². The number of aryl methyl sites for hydroxylation is 2. The van der Waals surface area contributed by atoms with Crippen LogP contribution in [0.1, 0.15) is 23.9 Å². The largest absolute Gasteiger partial charge is 0.458 e. The van der Waals surface area contributed by atoms with Gasteiger partial charge in [-0.1, -0.05) is 35.9 Å². The van der Waals surface area contributed by atoms with Crippen molar-refractivity contribution in [1.29, 1.82) is 0 Å². The molecule has 0 unspecified atom stereocenters. The lowest BCUT2D eigenvalue weighted by molar-refractivity contribution is -0.146. The topological polar surface area (TPSA) is 98.5 Å². The summed E-state index contributed by atoms with van der Waals surface area (Å²) in [7, 11) is -3.83. The van der Waals surface area contributed by atoms with Gasteiger partial charge in [-0.05, 0) is 45.0 Å². The highest BCUT2D eigenvalue weighted by Gasteiger charge is 2.24. The fourth-order valence-corrected chi connectivity index (χ4v) is 3.79. The Bertz CT molecular complexity index is 1090. The van der Waals surface area contributed by atoms with Crippen molar-refractivity contribution in [3.8, 4) is 11.5 Å². The number of nitrogens with one attached hydrogen (secondary N) is 1. The normalized spacial score (nSPS) is 12.5. The maximum absolute atomic E-state index is 12.4. The molecule has 0 amide bonds. The van der Waals surface area contributed by atoms with Crippen molar-refractivity contribution in [3.05, 3.63) is 71.6 Å². The first kappa shape index (κ1) is 20.8. The third-order valence-electron chi connectivity index (χ3n) is 4.28. The molecule has 1 atom stereocenters. The van der Waals surface area contributed by atoms with Crippen LogP contribution in [0.3, 0.4) is 0 Å². The van der Waals surface area contributed by atoms with Crippen molar-refractivity contribution in [2.45, 2.75) is 38.3 Å². The Kier molecular flexibility index (Phi) is 6.14. The van der Waals surface area contributed by atoms with Crippen LogP contribution in [-0.2, 0) is 26.2 Å². The van der Waals surface area contributed by atoms with Gasteiger partial charge in [-0.3, -0.25) is 4.79 Å². The molecule has 1 heterocycles. The number of benzene rings is 2. The van der Waals surface area contributed by atoms with E-state index in [1.165, 1.54) is 19.1 Å². The van der Waals surface area contributed by atoms with E-state index < -0.39 is 22.0 Å². The van der Waals surface area contributed by atoms with Gasteiger partial charge in [0.15, 0.2) is 0 Å². The molecule has 8 heteroatoms. The first-order chi connectivity index (χ1) is 13.8. The number of aromatic nitrogens is 1. The lowest BCUT2D eigenvalue weighted by Crippen LogP contribution is -2.39. The molecular formula is C21H22N2O5S. The van der Waals surface area contributed by atoms with E-state index in [1.54, 1.807) is 19.1 Å². The molecule has 29 heavy (non-hydrogen) atoms. The molecule has 3 rings (SSSR count). The van der Waals surface area contributed by atoms with E-state index in [0.29, 0.717) is 17.3 Å². The van der Waals surface area contributed by atoms with Crippen LogP contribution in [-0.4, -0.2) is 25.4 Å². The third-order valence-corrected chi connectivity index (χ3v) is 5.84. The van der Waals surface area contributed by atoms with Gasteiger partial charge >= 0.3 is 5.97 Å². The molecular weight excluding hydrogens is 392 g/mol. The monoisotopic (exact) mass is 414 g/mol. The average Bonchev–Trinajstić information content (AvgIpc) is 3.07. The zero-order chi connectivity index (χ0) is 21.0. The van der Waals surface area contributed by atoms with Crippen LogP contribution in [0.2, 0.25) is 0 Å². The molecule has 0 bridgehead atoms. The Balaban J connectivity index is 1.62. The summed E-state index contributed by atoms with van der Waals surface area (Å²) < 4.78 is 38.0. The number of nitrogens with zero attached hydrogens (tertiary/aromatic N) is 1. The molecule has 0 aliphatic carbocycles. The molecule has 0 aliphatic rings. The molecule has 0 fully saturated rings. The number of carbonyl (C=O) groups excluding carboxylic acids is 1. The molecule has 2 aromatic carbocycles. The van der Waals surface area contributed by atoms with Crippen molar-refractivity contribution < 1.29 is 22.4 Å². The predicted octanol–water partition coefficient (Wildman–Crippen LogP) is 3.37. The number of rotatable bonds is 7. The highest BCUT2D eigenvalue weighted by molar-refractivity contribution is 7.89. The van der Waals surface area contributed by atoms with E-state index in [9.17, 15) is 13.2 Å². The zero-order valence-electron chi connectivity index (χ0n) is 16.4.